The number of aryl methyl sites for hydroxylation is 1. The highest BCUT2D eigenvalue weighted by molar-refractivity contribution is 5.74. The minimum Gasteiger partial charge on any atom is -0.394 e. The second-order valence-electron chi connectivity index (χ2n) is 6.64. The Morgan fingerprint density at radius 2 is 1.72 bits per heavy atom. The molecule has 1 fully saturated rings. The topological polar surface area (TPSA) is 106 Å². The molecular weight excluding hydrogens is 326 g/mol. The van der Waals surface area contributed by atoms with Crippen LogP contribution in [0.25, 0.3) is 11.2 Å². The van der Waals surface area contributed by atoms with Crippen LogP contribution in [0.15, 0.2) is 9.59 Å². The lowest BCUT2D eigenvalue weighted by atomic mass is 10.2. The number of imidazole rings is 1. The van der Waals surface area contributed by atoms with Crippen molar-refractivity contribution in [2.24, 2.45) is 14.1 Å². The average molecular weight is 351 g/mol. The maximum atomic E-state index is 12.7. The van der Waals surface area contributed by atoms with Gasteiger partial charge in [0.2, 0.25) is 5.95 Å². The third-order valence-corrected chi connectivity index (χ3v) is 4.82. The number of rotatable bonds is 4. The fraction of sp³-hybridized carbons (Fsp3) is 0.688. The van der Waals surface area contributed by atoms with E-state index in [1.807, 2.05) is 0 Å². The van der Waals surface area contributed by atoms with E-state index in [2.05, 4.69) is 9.88 Å². The van der Waals surface area contributed by atoms with E-state index in [0.29, 0.717) is 11.6 Å². The van der Waals surface area contributed by atoms with Crippen molar-refractivity contribution in [1.29, 1.82) is 0 Å². The molecule has 2 aromatic rings. The summed E-state index contributed by atoms with van der Waals surface area (Å²) in [4.78, 5) is 31.6. The Morgan fingerprint density at radius 3 is 2.32 bits per heavy atom. The van der Waals surface area contributed by atoms with Crippen LogP contribution in [0.3, 0.4) is 0 Å². The smallest absolute Gasteiger partial charge is 0.332 e. The van der Waals surface area contributed by atoms with E-state index in [1.54, 1.807) is 11.6 Å². The normalized spacial score (nSPS) is 17.0. The zero-order valence-corrected chi connectivity index (χ0v) is 14.7. The van der Waals surface area contributed by atoms with Crippen LogP contribution in [0.1, 0.15) is 25.7 Å². The number of fused-ring (bicyclic) bond motifs is 1. The van der Waals surface area contributed by atoms with Crippen molar-refractivity contribution >= 4 is 17.1 Å². The summed E-state index contributed by atoms with van der Waals surface area (Å²) in [5.41, 5.74) is -0.307. The van der Waals surface area contributed by atoms with E-state index < -0.39 is 24.0 Å². The Balaban J connectivity index is 2.26. The lowest BCUT2D eigenvalue weighted by Crippen LogP contribution is -2.38. The van der Waals surface area contributed by atoms with Crippen molar-refractivity contribution in [3.8, 4) is 0 Å². The van der Waals surface area contributed by atoms with Crippen molar-refractivity contribution in [3.05, 3.63) is 20.8 Å². The Hall–Kier alpha value is -2.13. The van der Waals surface area contributed by atoms with Gasteiger partial charge in [0.1, 0.15) is 0 Å². The number of aromatic nitrogens is 4. The standard InChI is InChI=1S/C16H25N5O4/c1-18-13-12(14(24)19(2)16(18)25)21(9-11(23)10-22)15(17-13)20-7-5-3-4-6-8-20/h11,22-23H,3-10H2,1-2H3/t11-/m1/s1. The molecule has 1 atom stereocenters. The summed E-state index contributed by atoms with van der Waals surface area (Å²) >= 11 is 0. The van der Waals surface area contributed by atoms with Crippen molar-refractivity contribution in [1.82, 2.24) is 18.7 Å². The van der Waals surface area contributed by atoms with Gasteiger partial charge in [0, 0.05) is 27.2 Å². The molecule has 9 heteroatoms. The highest BCUT2D eigenvalue weighted by Gasteiger charge is 2.24. The van der Waals surface area contributed by atoms with Crippen LogP contribution < -0.4 is 16.1 Å². The third-order valence-electron chi connectivity index (χ3n) is 4.82. The van der Waals surface area contributed by atoms with Gasteiger partial charge in [0.15, 0.2) is 11.2 Å². The molecule has 9 nitrogen and oxygen atoms in total. The molecule has 0 aliphatic carbocycles. The average Bonchev–Trinajstić information content (AvgIpc) is 2.79. The van der Waals surface area contributed by atoms with Crippen LogP contribution in [0, 0.1) is 0 Å². The van der Waals surface area contributed by atoms with Crippen LogP contribution in [0.4, 0.5) is 5.95 Å². The molecule has 0 spiro atoms. The van der Waals surface area contributed by atoms with Gasteiger partial charge in [-0.2, -0.15) is 4.98 Å². The molecular formula is C16H25N5O4. The Bertz CT molecular complexity index is 873. The van der Waals surface area contributed by atoms with Gasteiger partial charge >= 0.3 is 5.69 Å². The molecule has 1 saturated heterocycles. The zero-order valence-electron chi connectivity index (χ0n) is 14.7. The highest BCUT2D eigenvalue weighted by atomic mass is 16.3. The molecule has 1 aliphatic rings. The monoisotopic (exact) mass is 351 g/mol. The number of anilines is 1. The van der Waals surface area contributed by atoms with Gasteiger partial charge in [0.05, 0.1) is 19.3 Å². The van der Waals surface area contributed by atoms with E-state index in [-0.39, 0.29) is 12.1 Å². The summed E-state index contributed by atoms with van der Waals surface area (Å²) in [5, 5.41) is 19.2. The van der Waals surface area contributed by atoms with Crippen LogP contribution in [0.2, 0.25) is 0 Å². The Morgan fingerprint density at radius 1 is 1.08 bits per heavy atom. The van der Waals surface area contributed by atoms with Crippen LogP contribution in [0.5, 0.6) is 0 Å². The number of hydrogen-bond donors (Lipinski definition) is 2. The first-order valence-corrected chi connectivity index (χ1v) is 8.65. The zero-order chi connectivity index (χ0) is 18.1. The molecule has 25 heavy (non-hydrogen) atoms. The molecule has 0 aromatic carbocycles. The van der Waals surface area contributed by atoms with Gasteiger partial charge in [-0.25, -0.2) is 4.79 Å². The van der Waals surface area contributed by atoms with Crippen LogP contribution >= 0.6 is 0 Å². The van der Waals surface area contributed by atoms with E-state index in [4.69, 9.17) is 0 Å². The van der Waals surface area contributed by atoms with Gasteiger partial charge in [-0.1, -0.05) is 12.8 Å². The van der Waals surface area contributed by atoms with Gasteiger partial charge in [-0.15, -0.1) is 0 Å². The van der Waals surface area contributed by atoms with E-state index >= 15 is 0 Å². The summed E-state index contributed by atoms with van der Waals surface area (Å²) in [6.45, 7) is 1.26. The second-order valence-corrected chi connectivity index (χ2v) is 6.64. The summed E-state index contributed by atoms with van der Waals surface area (Å²) in [6, 6.07) is 0. The fourth-order valence-electron chi connectivity index (χ4n) is 3.39. The first kappa shape index (κ1) is 17.7. The molecule has 0 amide bonds. The molecule has 0 radical (unpaired) electrons. The minimum absolute atomic E-state index is 0.0479. The SMILES string of the molecule is Cn1c(=O)c2c(nc(N3CCCCCC3)n2C[C@@H](O)CO)n(C)c1=O. The summed E-state index contributed by atoms with van der Waals surface area (Å²) in [7, 11) is 3.01. The third kappa shape index (κ3) is 3.09. The number of aliphatic hydroxyl groups is 2. The second kappa shape index (κ2) is 7.01. The van der Waals surface area contributed by atoms with E-state index in [0.717, 1.165) is 43.3 Å². The molecule has 138 valence electrons. The quantitative estimate of drug-likeness (QED) is 0.745. The molecule has 2 N–H and O–H groups in total. The number of nitrogens with zero attached hydrogens (tertiary/aromatic N) is 5. The maximum absolute atomic E-state index is 12.7. The molecule has 0 saturated carbocycles. The fourth-order valence-corrected chi connectivity index (χ4v) is 3.39. The predicted octanol–water partition coefficient (Wildman–Crippen LogP) is -0.833. The lowest BCUT2D eigenvalue weighted by molar-refractivity contribution is 0.0823. The first-order chi connectivity index (χ1) is 12.0. The van der Waals surface area contributed by atoms with Crippen molar-refractivity contribution in [2.75, 3.05) is 24.6 Å². The van der Waals surface area contributed by atoms with Crippen molar-refractivity contribution in [2.45, 2.75) is 38.3 Å². The molecule has 1 aliphatic heterocycles. The van der Waals surface area contributed by atoms with Gasteiger partial charge in [0.25, 0.3) is 5.56 Å². The molecule has 3 rings (SSSR count). The van der Waals surface area contributed by atoms with Crippen molar-refractivity contribution in [3.63, 3.8) is 0 Å². The maximum Gasteiger partial charge on any atom is 0.332 e. The number of hydrogen-bond acceptors (Lipinski definition) is 6. The van der Waals surface area contributed by atoms with Gasteiger partial charge in [-0.05, 0) is 12.8 Å². The largest absolute Gasteiger partial charge is 0.394 e. The highest BCUT2D eigenvalue weighted by Crippen LogP contribution is 2.23. The summed E-state index contributed by atoms with van der Waals surface area (Å²) in [5.74, 6) is 0.572. The molecule has 0 unspecified atom stereocenters. The first-order valence-electron chi connectivity index (χ1n) is 8.65. The minimum atomic E-state index is -1.01. The van der Waals surface area contributed by atoms with E-state index in [9.17, 15) is 19.8 Å². The van der Waals surface area contributed by atoms with Gasteiger partial charge in [-0.3, -0.25) is 13.9 Å². The molecule has 3 heterocycles. The molecule has 0 bridgehead atoms. The van der Waals surface area contributed by atoms with E-state index in [1.165, 1.54) is 11.6 Å². The van der Waals surface area contributed by atoms with Gasteiger partial charge < -0.3 is 19.7 Å². The Kier molecular flexibility index (Phi) is 4.96. The summed E-state index contributed by atoms with van der Waals surface area (Å²) in [6.07, 6.45) is 3.35. The number of aliphatic hydroxyl groups excluding tert-OH is 2. The van der Waals surface area contributed by atoms with Crippen molar-refractivity contribution < 1.29 is 10.2 Å². The lowest BCUT2D eigenvalue weighted by Gasteiger charge is -2.23. The summed E-state index contributed by atoms with van der Waals surface area (Å²) < 4.78 is 4.03. The van der Waals surface area contributed by atoms with Crippen LogP contribution in [-0.4, -0.2) is 54.7 Å². The molecule has 2 aromatic heterocycles. The van der Waals surface area contributed by atoms with Crippen LogP contribution in [-0.2, 0) is 20.6 Å². The predicted molar refractivity (Wildman–Crippen MR) is 94.0 cm³/mol. The Labute approximate surface area is 144 Å².